The van der Waals surface area contributed by atoms with Crippen LogP contribution in [0, 0.1) is 5.41 Å². The lowest BCUT2D eigenvalue weighted by Gasteiger charge is -2.37. The Balaban J connectivity index is 1.69. The molecule has 0 aliphatic carbocycles. The van der Waals surface area contributed by atoms with E-state index in [1.54, 1.807) is 109 Å². The number of amides is 10. The molecule has 0 fully saturated rings. The first kappa shape index (κ1) is 94.6. The van der Waals surface area contributed by atoms with Gasteiger partial charge in [0.15, 0.2) is 5.78 Å². The van der Waals surface area contributed by atoms with Gasteiger partial charge in [0, 0.05) is 108 Å². The average Bonchev–Trinajstić information content (AvgIpc) is 1.72. The number of aromatic amines is 1. The number of aromatic nitrogens is 1. The predicted octanol–water partition coefficient (Wildman–Crippen LogP) is 2.33. The number of ether oxygens (including phenoxy) is 3. The van der Waals surface area contributed by atoms with Gasteiger partial charge in [0.05, 0.1) is 97.5 Å². The number of ketones is 1. The van der Waals surface area contributed by atoms with E-state index in [0.29, 0.717) is 62.8 Å². The summed E-state index contributed by atoms with van der Waals surface area (Å²) in [4.78, 5) is 179. The maximum Gasteiger partial charge on any atom is 0.243 e. The van der Waals surface area contributed by atoms with Crippen LogP contribution in [0.15, 0.2) is 91.1 Å². The molecule has 31 heteroatoms. The van der Waals surface area contributed by atoms with Crippen LogP contribution in [0.5, 0.6) is 0 Å². The van der Waals surface area contributed by atoms with Gasteiger partial charge in [0.1, 0.15) is 19.6 Å². The molecular weight excluding hydrogens is 1430 g/mol. The van der Waals surface area contributed by atoms with Crippen LogP contribution in [0.2, 0.25) is 0 Å². The SMILES string of the molecule is COCCN(CC(=O)N(CCCCN)CC(=O)N(CC(=O)N(CCO)CC(=O)N(CCCCN)CC(=O)N(CC(=O)N(CCCCN)CC(=O)N(CCO)CC(=O)N(CCOC)CC(=O)C(C)(C)C)[C@@H](C)c1ccccc1)[C@@H](C)c1ccccc1)C(=O)CN(Cc1c[nH]c2ccccc12)C(=O)CN(CCOC)C(C)(C)C. The highest BCUT2D eigenvalue weighted by Gasteiger charge is 2.36. The minimum atomic E-state index is -0.831. The number of nitrogens with two attached hydrogens (primary N) is 3. The highest BCUT2D eigenvalue weighted by atomic mass is 16.5. The van der Waals surface area contributed by atoms with Gasteiger partial charge in [0.25, 0.3) is 0 Å². The normalized spacial score (nSPS) is 12.1. The van der Waals surface area contributed by atoms with Crippen molar-refractivity contribution in [1.82, 2.24) is 58.9 Å². The van der Waals surface area contributed by atoms with Crippen LogP contribution in [0.25, 0.3) is 10.9 Å². The molecule has 1 aromatic heterocycles. The Kier molecular flexibility index (Phi) is 42.2. The zero-order valence-electron chi connectivity index (χ0n) is 67.6. The molecule has 0 saturated heterocycles. The van der Waals surface area contributed by atoms with Gasteiger partial charge in [-0.25, -0.2) is 0 Å². The van der Waals surface area contributed by atoms with Gasteiger partial charge in [0.2, 0.25) is 59.1 Å². The van der Waals surface area contributed by atoms with E-state index >= 15 is 19.2 Å². The number of benzene rings is 3. The molecule has 0 aliphatic rings. The van der Waals surface area contributed by atoms with Crippen LogP contribution in [-0.4, -0.2) is 338 Å². The number of carbonyl (C=O) groups excluding carboxylic acids is 11. The van der Waals surface area contributed by atoms with Gasteiger partial charge >= 0.3 is 0 Å². The summed E-state index contributed by atoms with van der Waals surface area (Å²) in [5.74, 6) is -6.58. The highest BCUT2D eigenvalue weighted by molar-refractivity contribution is 5.96. The van der Waals surface area contributed by atoms with Crippen LogP contribution in [0.4, 0.5) is 0 Å². The van der Waals surface area contributed by atoms with Crippen molar-refractivity contribution >= 4 is 75.8 Å². The van der Waals surface area contributed by atoms with Crippen molar-refractivity contribution in [3.63, 3.8) is 0 Å². The fourth-order valence-electron chi connectivity index (χ4n) is 12.3. The molecule has 3 aromatic carbocycles. The Hall–Kier alpha value is -8.79. The third kappa shape index (κ3) is 32.1. The summed E-state index contributed by atoms with van der Waals surface area (Å²) in [6.45, 7) is 8.87. The van der Waals surface area contributed by atoms with E-state index in [-0.39, 0.29) is 103 Å². The number of methoxy groups -OCH3 is 3. The van der Waals surface area contributed by atoms with E-state index in [1.807, 2.05) is 49.9 Å². The maximum absolute atomic E-state index is 15.3. The first-order chi connectivity index (χ1) is 52.9. The van der Waals surface area contributed by atoms with Crippen LogP contribution in [0.3, 0.4) is 0 Å². The van der Waals surface area contributed by atoms with Crippen LogP contribution < -0.4 is 17.2 Å². The quantitative estimate of drug-likeness (QED) is 0.0345. The largest absolute Gasteiger partial charge is 0.395 e. The van der Waals surface area contributed by atoms with Crippen LogP contribution in [0.1, 0.15) is 123 Å². The molecule has 0 unspecified atom stereocenters. The highest BCUT2D eigenvalue weighted by Crippen LogP contribution is 2.26. The second-order valence-electron chi connectivity index (χ2n) is 29.7. The van der Waals surface area contributed by atoms with Gasteiger partial charge in [-0.3, -0.25) is 57.6 Å². The standard InChI is InChI=1S/C80H127N15O16/c1-61(63-26-14-12-15-27-63)94(59-75(105)85(35-23-20-32-81)51-71(101)88(38-43-96)53-72(102)90(40-45-109-9)50-68(98)79(3,4)5)77(107)56-86(36-24-21-33-82)69(99)52-89(39-44-97)76(106)60-95(62(2)64-28-16-13-17-29-64)78(108)57-87(37-25-22-34-83)70(100)54-91(41-46-110-10)73(103)55-92(49-65-48-84-67-31-19-18-30-66(65)67)74(104)58-93(42-47-111-11)80(6,7)8/h12-19,26-31,48,61-62,84,96-97H,20-25,32-47,49-60,81-83H2,1-11H3/t61-,62-/m0/s1. The monoisotopic (exact) mass is 1550 g/mol. The van der Waals surface area contributed by atoms with Gasteiger partial charge < -0.3 is 95.6 Å². The first-order valence-corrected chi connectivity index (χ1v) is 38.4. The summed E-state index contributed by atoms with van der Waals surface area (Å²) >= 11 is 0. The molecule has 0 spiro atoms. The number of fused-ring (bicyclic) bond motifs is 1. The number of para-hydroxylation sites is 1. The van der Waals surface area contributed by atoms with Gasteiger partial charge in [-0.1, -0.05) is 99.6 Å². The average molecular weight is 1550 g/mol. The molecule has 0 saturated carbocycles. The van der Waals surface area contributed by atoms with E-state index < -0.39 is 155 Å². The van der Waals surface area contributed by atoms with Crippen molar-refractivity contribution in [2.75, 3.05) is 198 Å². The number of hydrogen-bond donors (Lipinski definition) is 6. The molecule has 9 N–H and O–H groups in total. The summed E-state index contributed by atoms with van der Waals surface area (Å²) in [7, 11) is 4.48. The number of Topliss-reactive ketones (excluding diaryl/α,β-unsaturated/α-hetero) is 1. The number of carbonyl (C=O) groups is 11. The molecule has 618 valence electrons. The lowest BCUT2D eigenvalue weighted by atomic mass is 9.90. The fraction of sp³-hybridized carbons (Fsp3) is 0.613. The Bertz CT molecular complexity index is 3540. The number of nitrogens with one attached hydrogen (secondary N) is 1. The molecule has 4 rings (SSSR count). The van der Waals surface area contributed by atoms with Crippen molar-refractivity contribution in [3.8, 4) is 0 Å². The van der Waals surface area contributed by atoms with E-state index in [0.717, 1.165) is 26.3 Å². The molecule has 4 aromatic rings. The van der Waals surface area contributed by atoms with E-state index in [1.165, 1.54) is 53.4 Å². The molecule has 2 atom stereocenters. The third-order valence-corrected chi connectivity index (χ3v) is 19.4. The number of hydrogen-bond acceptors (Lipinski definition) is 20. The summed E-state index contributed by atoms with van der Waals surface area (Å²) in [5.41, 5.74) is 19.4. The molecule has 31 nitrogen and oxygen atoms in total. The van der Waals surface area contributed by atoms with Gasteiger partial charge in [-0.05, 0) is 116 Å². The van der Waals surface area contributed by atoms with E-state index in [4.69, 9.17) is 31.4 Å². The Morgan fingerprint density at radius 3 is 1.08 bits per heavy atom. The molecule has 10 amide bonds. The third-order valence-electron chi connectivity index (χ3n) is 19.4. The number of rotatable bonds is 53. The second kappa shape index (κ2) is 49.6. The van der Waals surface area contributed by atoms with Crippen molar-refractivity contribution in [1.29, 1.82) is 0 Å². The lowest BCUT2D eigenvalue weighted by molar-refractivity contribution is -0.150. The minimum Gasteiger partial charge on any atom is -0.395 e. The molecule has 0 radical (unpaired) electrons. The zero-order chi connectivity index (χ0) is 82.2. The molecular formula is C80H127N15O16. The molecule has 1 heterocycles. The summed E-state index contributed by atoms with van der Waals surface area (Å²) < 4.78 is 16.1. The summed E-state index contributed by atoms with van der Waals surface area (Å²) in [6.07, 6.45) is 4.15. The van der Waals surface area contributed by atoms with E-state index in [9.17, 15) is 43.8 Å². The Morgan fingerprint density at radius 2 is 0.712 bits per heavy atom. The van der Waals surface area contributed by atoms with E-state index in [2.05, 4.69) is 4.98 Å². The first-order valence-electron chi connectivity index (χ1n) is 38.4. The second-order valence-corrected chi connectivity index (χ2v) is 29.7. The molecule has 111 heavy (non-hydrogen) atoms. The number of unbranched alkanes of at least 4 members (excludes halogenated alkanes) is 3. The number of aliphatic hydroxyl groups excluding tert-OH is 2. The molecule has 0 bridgehead atoms. The van der Waals surface area contributed by atoms with Crippen molar-refractivity contribution in [2.45, 2.75) is 118 Å². The Morgan fingerprint density at radius 1 is 0.387 bits per heavy atom. The molecule has 0 aliphatic heterocycles. The van der Waals surface area contributed by atoms with Gasteiger partial charge in [-0.15, -0.1) is 0 Å². The minimum absolute atomic E-state index is 0.00456. The smallest absolute Gasteiger partial charge is 0.243 e. The topological polar surface area (TPSA) is 385 Å². The number of nitrogens with zero attached hydrogens (tertiary/aromatic N) is 11. The van der Waals surface area contributed by atoms with Gasteiger partial charge in [-0.2, -0.15) is 0 Å². The van der Waals surface area contributed by atoms with Crippen molar-refractivity contribution < 1.29 is 77.2 Å². The Labute approximate surface area is 655 Å². The van der Waals surface area contributed by atoms with Crippen LogP contribution >= 0.6 is 0 Å². The number of H-pyrrole nitrogens is 1. The lowest BCUT2D eigenvalue weighted by Crippen LogP contribution is -2.54. The fourth-order valence-corrected chi connectivity index (χ4v) is 12.3. The summed E-state index contributed by atoms with van der Waals surface area (Å²) in [6, 6.07) is 23.6. The van der Waals surface area contributed by atoms with Crippen LogP contribution in [-0.2, 0) is 73.5 Å². The van der Waals surface area contributed by atoms with Crippen molar-refractivity contribution in [3.05, 3.63) is 108 Å². The van der Waals surface area contributed by atoms with Crippen molar-refractivity contribution in [2.24, 2.45) is 22.6 Å². The summed E-state index contributed by atoms with van der Waals surface area (Å²) in [5, 5.41) is 21.6. The number of aliphatic hydroxyl groups is 2. The maximum atomic E-state index is 15.3. The predicted molar refractivity (Wildman–Crippen MR) is 423 cm³/mol. The zero-order valence-corrected chi connectivity index (χ0v) is 67.6.